The molecule has 0 bridgehead atoms. The summed E-state index contributed by atoms with van der Waals surface area (Å²) >= 11 is 0. The van der Waals surface area contributed by atoms with Crippen molar-refractivity contribution in [3.8, 4) is 17.5 Å². The molecule has 1 aliphatic rings. The second-order valence-corrected chi connectivity index (χ2v) is 8.66. The predicted octanol–water partition coefficient (Wildman–Crippen LogP) is 5.57. The van der Waals surface area contributed by atoms with Crippen LogP contribution in [0.25, 0.3) is 11.5 Å². The molecule has 176 valence electrons. The number of nitriles is 1. The lowest BCUT2D eigenvalue weighted by Crippen LogP contribution is -2.28. The number of aromatic nitrogens is 1. The first-order valence-electron chi connectivity index (χ1n) is 11.5. The summed E-state index contributed by atoms with van der Waals surface area (Å²) < 4.78 is 18.1. The molecule has 0 aliphatic heterocycles. The third-order valence-corrected chi connectivity index (χ3v) is 6.21. The number of carbonyl (C=O) groups is 1. The fourth-order valence-corrected chi connectivity index (χ4v) is 4.37. The van der Waals surface area contributed by atoms with E-state index in [2.05, 4.69) is 11.1 Å². The molecule has 4 rings (SSSR count). The summed E-state index contributed by atoms with van der Waals surface area (Å²) in [7, 11) is 0. The van der Waals surface area contributed by atoms with Crippen molar-refractivity contribution in [3.05, 3.63) is 76.2 Å². The van der Waals surface area contributed by atoms with Gasteiger partial charge >= 0.3 is 5.97 Å². The molecule has 3 aromatic rings. The number of oxazole rings is 1. The Bertz CT molecular complexity index is 1210. The van der Waals surface area contributed by atoms with E-state index < -0.39 is 5.97 Å². The zero-order valence-corrected chi connectivity index (χ0v) is 19.4. The van der Waals surface area contributed by atoms with Crippen molar-refractivity contribution in [1.29, 1.82) is 5.26 Å². The normalized spacial score (nSPS) is 17.9. The molecule has 1 heterocycles. The maximum absolute atomic E-state index is 11.6. The van der Waals surface area contributed by atoms with Crippen molar-refractivity contribution >= 4 is 5.97 Å². The van der Waals surface area contributed by atoms with Crippen LogP contribution in [0.5, 0.6) is 0 Å². The van der Waals surface area contributed by atoms with Crippen LogP contribution < -0.4 is 0 Å². The van der Waals surface area contributed by atoms with Crippen LogP contribution in [0.2, 0.25) is 0 Å². The van der Waals surface area contributed by atoms with Crippen LogP contribution in [0.3, 0.4) is 0 Å². The number of hydrogen-bond donors (Lipinski definition) is 1. The molecule has 1 saturated carbocycles. The van der Waals surface area contributed by atoms with E-state index in [-0.39, 0.29) is 18.8 Å². The summed E-state index contributed by atoms with van der Waals surface area (Å²) in [5.41, 5.74) is 3.81. The van der Waals surface area contributed by atoms with Crippen LogP contribution in [0.4, 0.5) is 0 Å². The highest BCUT2D eigenvalue weighted by molar-refractivity contribution is 5.91. The number of aromatic carboxylic acids is 1. The summed E-state index contributed by atoms with van der Waals surface area (Å²) in [6.07, 6.45) is 3.66. The largest absolute Gasteiger partial charge is 0.478 e. The second kappa shape index (κ2) is 10.6. The molecule has 2 atom stereocenters. The summed E-state index contributed by atoms with van der Waals surface area (Å²) in [6.45, 7) is 4.27. The highest BCUT2D eigenvalue weighted by Crippen LogP contribution is 2.28. The van der Waals surface area contributed by atoms with Gasteiger partial charge in [0, 0.05) is 5.56 Å². The lowest BCUT2D eigenvalue weighted by atomic mass is 9.94. The SMILES string of the molecule is Cc1cccc(COC2CCCC(OCc3nc(-c4cccc(C#N)c4)oc3C)C2)c1C(=O)O. The van der Waals surface area contributed by atoms with Gasteiger partial charge in [-0.25, -0.2) is 9.78 Å². The minimum Gasteiger partial charge on any atom is -0.478 e. The Morgan fingerprint density at radius 3 is 2.62 bits per heavy atom. The van der Waals surface area contributed by atoms with Crippen molar-refractivity contribution in [1.82, 2.24) is 4.98 Å². The highest BCUT2D eigenvalue weighted by Gasteiger charge is 2.25. The lowest BCUT2D eigenvalue weighted by molar-refractivity contribution is -0.0564. The van der Waals surface area contributed by atoms with Gasteiger partial charge in [-0.1, -0.05) is 24.3 Å². The van der Waals surface area contributed by atoms with E-state index in [1.54, 1.807) is 25.1 Å². The van der Waals surface area contributed by atoms with E-state index in [0.29, 0.717) is 34.9 Å². The number of carboxylic acids is 1. The standard InChI is InChI=1S/C27H28N2O5/c1-17-6-3-9-21(25(17)27(30)31)15-32-22-10-5-11-23(13-22)33-16-24-18(2)34-26(29-24)20-8-4-7-19(12-20)14-28/h3-4,6-9,12,22-23H,5,10-11,13,15-16H2,1-2H3,(H,30,31). The number of ether oxygens (including phenoxy) is 2. The topological polar surface area (TPSA) is 106 Å². The molecule has 7 heteroatoms. The van der Waals surface area contributed by atoms with Gasteiger partial charge in [0.05, 0.1) is 42.6 Å². The van der Waals surface area contributed by atoms with Gasteiger partial charge < -0.3 is 19.0 Å². The van der Waals surface area contributed by atoms with Gasteiger partial charge in [-0.05, 0) is 68.9 Å². The van der Waals surface area contributed by atoms with E-state index in [1.807, 2.05) is 31.2 Å². The number of nitrogens with zero attached hydrogens (tertiary/aromatic N) is 2. The zero-order chi connectivity index (χ0) is 24.1. The van der Waals surface area contributed by atoms with Gasteiger partial charge in [-0.2, -0.15) is 5.26 Å². The first-order chi connectivity index (χ1) is 16.4. The molecule has 0 amide bonds. The van der Waals surface area contributed by atoms with E-state index in [4.69, 9.17) is 19.2 Å². The smallest absolute Gasteiger partial charge is 0.336 e. The average molecular weight is 461 g/mol. The monoisotopic (exact) mass is 460 g/mol. The Morgan fingerprint density at radius 2 is 1.88 bits per heavy atom. The molecule has 1 N–H and O–H groups in total. The third kappa shape index (κ3) is 5.53. The molecule has 1 fully saturated rings. The van der Waals surface area contributed by atoms with Crippen LogP contribution in [-0.4, -0.2) is 28.3 Å². The summed E-state index contributed by atoms with van der Waals surface area (Å²) in [4.78, 5) is 16.2. The number of rotatable bonds is 8. The molecule has 1 aliphatic carbocycles. The molecule has 0 spiro atoms. The van der Waals surface area contributed by atoms with E-state index in [0.717, 1.165) is 42.5 Å². The van der Waals surface area contributed by atoms with Crippen molar-refractivity contribution in [2.45, 2.75) is 65.0 Å². The average Bonchev–Trinajstić information content (AvgIpc) is 3.22. The van der Waals surface area contributed by atoms with Crippen LogP contribution in [0, 0.1) is 25.2 Å². The van der Waals surface area contributed by atoms with Crippen LogP contribution in [-0.2, 0) is 22.7 Å². The Hall–Kier alpha value is -3.47. The molecule has 1 aromatic heterocycles. The molecule has 0 saturated heterocycles. The molecule has 0 radical (unpaired) electrons. The van der Waals surface area contributed by atoms with Crippen LogP contribution >= 0.6 is 0 Å². The second-order valence-electron chi connectivity index (χ2n) is 8.66. The van der Waals surface area contributed by atoms with E-state index in [1.165, 1.54) is 0 Å². The quantitative estimate of drug-likeness (QED) is 0.468. The Balaban J connectivity index is 1.34. The van der Waals surface area contributed by atoms with Crippen molar-refractivity contribution in [3.63, 3.8) is 0 Å². The number of aryl methyl sites for hydroxylation is 2. The molecular weight excluding hydrogens is 432 g/mol. The van der Waals surface area contributed by atoms with E-state index in [9.17, 15) is 9.90 Å². The summed E-state index contributed by atoms with van der Waals surface area (Å²) in [6, 6.07) is 14.8. The van der Waals surface area contributed by atoms with Gasteiger partial charge in [0.2, 0.25) is 5.89 Å². The fourth-order valence-electron chi connectivity index (χ4n) is 4.37. The van der Waals surface area contributed by atoms with Gasteiger partial charge in [-0.15, -0.1) is 0 Å². The van der Waals surface area contributed by atoms with Crippen molar-refractivity contribution < 1.29 is 23.8 Å². The Kier molecular flexibility index (Phi) is 7.41. The minimum absolute atomic E-state index is 0.0172. The third-order valence-electron chi connectivity index (χ3n) is 6.21. The van der Waals surface area contributed by atoms with Gasteiger partial charge in [0.15, 0.2) is 0 Å². The molecule has 2 aromatic carbocycles. The number of benzene rings is 2. The predicted molar refractivity (Wildman–Crippen MR) is 125 cm³/mol. The maximum Gasteiger partial charge on any atom is 0.336 e. The first kappa shape index (κ1) is 23.7. The lowest BCUT2D eigenvalue weighted by Gasteiger charge is -2.29. The summed E-state index contributed by atoms with van der Waals surface area (Å²) in [5, 5.41) is 18.6. The van der Waals surface area contributed by atoms with Gasteiger partial charge in [0.1, 0.15) is 11.5 Å². The van der Waals surface area contributed by atoms with Crippen LogP contribution in [0.15, 0.2) is 46.9 Å². The highest BCUT2D eigenvalue weighted by atomic mass is 16.5. The number of hydrogen-bond acceptors (Lipinski definition) is 6. The van der Waals surface area contributed by atoms with Crippen LogP contribution in [0.1, 0.15) is 64.2 Å². The van der Waals surface area contributed by atoms with Gasteiger partial charge in [-0.3, -0.25) is 0 Å². The molecule has 2 unspecified atom stereocenters. The van der Waals surface area contributed by atoms with E-state index >= 15 is 0 Å². The zero-order valence-electron chi connectivity index (χ0n) is 19.4. The summed E-state index contributed by atoms with van der Waals surface area (Å²) in [5.74, 6) is 0.246. The Labute approximate surface area is 199 Å². The molecule has 7 nitrogen and oxygen atoms in total. The Morgan fingerprint density at radius 1 is 1.15 bits per heavy atom. The minimum atomic E-state index is -0.928. The maximum atomic E-state index is 11.6. The molecular formula is C27H28N2O5. The number of carboxylic acid groups (broad SMARTS) is 1. The van der Waals surface area contributed by atoms with Gasteiger partial charge in [0.25, 0.3) is 0 Å². The molecule has 34 heavy (non-hydrogen) atoms. The van der Waals surface area contributed by atoms with Crippen molar-refractivity contribution in [2.24, 2.45) is 0 Å². The van der Waals surface area contributed by atoms with Crippen molar-refractivity contribution in [2.75, 3.05) is 0 Å². The first-order valence-corrected chi connectivity index (χ1v) is 11.5. The fraction of sp³-hybridized carbons (Fsp3) is 0.370.